The number of carboxylic acids is 1. The SMILES string of the molecule is CCC(C(=O)O)C(NC)c1ccc(F)c(F)c1. The second-order valence-corrected chi connectivity index (χ2v) is 3.79. The van der Waals surface area contributed by atoms with Gasteiger partial charge in [0.15, 0.2) is 11.6 Å². The van der Waals surface area contributed by atoms with Crippen molar-refractivity contribution in [1.82, 2.24) is 5.32 Å². The highest BCUT2D eigenvalue weighted by Gasteiger charge is 2.27. The summed E-state index contributed by atoms with van der Waals surface area (Å²) in [5, 5.41) is 11.9. The fourth-order valence-electron chi connectivity index (χ4n) is 1.86. The maximum Gasteiger partial charge on any atom is 0.308 e. The minimum atomic E-state index is -0.969. The first-order chi connectivity index (χ1) is 8.01. The van der Waals surface area contributed by atoms with Gasteiger partial charge in [0.25, 0.3) is 0 Å². The number of hydrogen-bond acceptors (Lipinski definition) is 2. The summed E-state index contributed by atoms with van der Waals surface area (Å²) in [5.74, 6) is -3.54. The van der Waals surface area contributed by atoms with Gasteiger partial charge in [-0.15, -0.1) is 0 Å². The van der Waals surface area contributed by atoms with Crippen molar-refractivity contribution in [2.75, 3.05) is 7.05 Å². The Bertz CT molecular complexity index is 409. The lowest BCUT2D eigenvalue weighted by Gasteiger charge is -2.23. The van der Waals surface area contributed by atoms with E-state index >= 15 is 0 Å². The predicted octanol–water partition coefficient (Wildman–Crippen LogP) is 2.34. The smallest absolute Gasteiger partial charge is 0.308 e. The first kappa shape index (κ1) is 13.6. The minimum absolute atomic E-state index is 0.403. The molecular formula is C12H15F2NO2. The molecule has 1 aromatic rings. The molecule has 0 bridgehead atoms. The van der Waals surface area contributed by atoms with Crippen LogP contribution < -0.4 is 5.32 Å². The fourth-order valence-corrected chi connectivity index (χ4v) is 1.86. The summed E-state index contributed by atoms with van der Waals surface area (Å²) in [7, 11) is 1.59. The van der Waals surface area contributed by atoms with E-state index in [2.05, 4.69) is 5.32 Å². The molecule has 0 aromatic heterocycles. The van der Waals surface area contributed by atoms with Gasteiger partial charge < -0.3 is 10.4 Å². The number of aliphatic carboxylic acids is 1. The predicted molar refractivity (Wildman–Crippen MR) is 59.6 cm³/mol. The highest BCUT2D eigenvalue weighted by molar-refractivity contribution is 5.71. The zero-order valence-corrected chi connectivity index (χ0v) is 9.71. The van der Waals surface area contributed by atoms with Gasteiger partial charge in [0, 0.05) is 6.04 Å². The van der Waals surface area contributed by atoms with Gasteiger partial charge in [-0.1, -0.05) is 13.0 Å². The third-order valence-corrected chi connectivity index (χ3v) is 2.77. The summed E-state index contributed by atoms with van der Waals surface area (Å²) < 4.78 is 25.9. The normalized spacial score (nSPS) is 14.4. The number of hydrogen-bond donors (Lipinski definition) is 2. The third-order valence-electron chi connectivity index (χ3n) is 2.77. The first-order valence-electron chi connectivity index (χ1n) is 5.36. The molecule has 2 unspecified atom stereocenters. The van der Waals surface area contributed by atoms with Crippen molar-refractivity contribution in [2.24, 2.45) is 5.92 Å². The lowest BCUT2D eigenvalue weighted by atomic mass is 9.91. The van der Waals surface area contributed by atoms with Crippen LogP contribution in [-0.2, 0) is 4.79 Å². The van der Waals surface area contributed by atoms with Gasteiger partial charge in [-0.05, 0) is 31.2 Å². The largest absolute Gasteiger partial charge is 0.481 e. The highest BCUT2D eigenvalue weighted by Crippen LogP contribution is 2.25. The fraction of sp³-hybridized carbons (Fsp3) is 0.417. The number of nitrogens with one attached hydrogen (secondary N) is 1. The number of benzene rings is 1. The van der Waals surface area contributed by atoms with E-state index in [-0.39, 0.29) is 0 Å². The second-order valence-electron chi connectivity index (χ2n) is 3.79. The summed E-state index contributed by atoms with van der Waals surface area (Å²) in [6.07, 6.45) is 0.403. The van der Waals surface area contributed by atoms with Crippen LogP contribution in [0.1, 0.15) is 24.9 Å². The van der Waals surface area contributed by atoms with E-state index in [1.165, 1.54) is 6.07 Å². The molecule has 0 aliphatic carbocycles. The standard InChI is InChI=1S/C12H15F2NO2/c1-3-8(12(16)17)11(15-2)7-4-5-9(13)10(14)6-7/h4-6,8,11,15H,3H2,1-2H3,(H,16,17). The quantitative estimate of drug-likeness (QED) is 0.834. The molecule has 0 radical (unpaired) electrons. The summed E-state index contributed by atoms with van der Waals surface area (Å²) in [5.41, 5.74) is 0.431. The van der Waals surface area contributed by atoms with Crippen LogP contribution in [0.5, 0.6) is 0 Å². The molecule has 5 heteroatoms. The van der Waals surface area contributed by atoms with Gasteiger partial charge in [-0.3, -0.25) is 4.79 Å². The van der Waals surface area contributed by atoms with Crippen LogP contribution in [0.2, 0.25) is 0 Å². The maximum atomic E-state index is 13.1. The molecular weight excluding hydrogens is 228 g/mol. The van der Waals surface area contributed by atoms with E-state index in [0.29, 0.717) is 12.0 Å². The Kier molecular flexibility index (Phi) is 4.57. The molecule has 2 N–H and O–H groups in total. The van der Waals surface area contributed by atoms with Gasteiger partial charge >= 0.3 is 5.97 Å². The van der Waals surface area contributed by atoms with Gasteiger partial charge in [-0.2, -0.15) is 0 Å². The summed E-state index contributed by atoms with van der Waals surface area (Å²) in [6, 6.07) is 2.89. The molecule has 2 atom stereocenters. The zero-order chi connectivity index (χ0) is 13.0. The van der Waals surface area contributed by atoms with Crippen molar-refractivity contribution in [3.8, 4) is 0 Å². The number of carbonyl (C=O) groups is 1. The second kappa shape index (κ2) is 5.72. The van der Waals surface area contributed by atoms with Gasteiger partial charge in [0.1, 0.15) is 0 Å². The number of rotatable bonds is 5. The number of carboxylic acid groups (broad SMARTS) is 1. The summed E-state index contributed by atoms with van der Waals surface area (Å²) in [6.45, 7) is 1.74. The Morgan fingerprint density at radius 2 is 2.06 bits per heavy atom. The van der Waals surface area contributed by atoms with Crippen LogP contribution in [0.4, 0.5) is 8.78 Å². The molecule has 0 saturated heterocycles. The van der Waals surface area contributed by atoms with E-state index < -0.39 is 29.6 Å². The monoisotopic (exact) mass is 243 g/mol. The van der Waals surface area contributed by atoms with Crippen molar-refractivity contribution in [3.05, 3.63) is 35.4 Å². The molecule has 0 fully saturated rings. The molecule has 0 heterocycles. The van der Waals surface area contributed by atoms with Crippen LogP contribution in [0.25, 0.3) is 0 Å². The van der Waals surface area contributed by atoms with Gasteiger partial charge in [0.05, 0.1) is 5.92 Å². The van der Waals surface area contributed by atoms with Crippen LogP contribution >= 0.6 is 0 Å². The van der Waals surface area contributed by atoms with Crippen LogP contribution in [0.3, 0.4) is 0 Å². The molecule has 1 rings (SSSR count). The molecule has 1 aromatic carbocycles. The van der Waals surface area contributed by atoms with Gasteiger partial charge in [-0.25, -0.2) is 8.78 Å². The molecule has 94 valence electrons. The zero-order valence-electron chi connectivity index (χ0n) is 9.71. The van der Waals surface area contributed by atoms with Crippen LogP contribution in [-0.4, -0.2) is 18.1 Å². The van der Waals surface area contributed by atoms with E-state index in [1.807, 2.05) is 0 Å². The molecule has 3 nitrogen and oxygen atoms in total. The first-order valence-corrected chi connectivity index (χ1v) is 5.36. The lowest BCUT2D eigenvalue weighted by Crippen LogP contribution is -2.30. The van der Waals surface area contributed by atoms with Crippen molar-refractivity contribution in [2.45, 2.75) is 19.4 Å². The van der Waals surface area contributed by atoms with Crippen molar-refractivity contribution >= 4 is 5.97 Å². The van der Waals surface area contributed by atoms with Crippen molar-refractivity contribution < 1.29 is 18.7 Å². The lowest BCUT2D eigenvalue weighted by molar-refractivity contribution is -0.143. The molecule has 0 spiro atoms. The maximum absolute atomic E-state index is 13.1. The average molecular weight is 243 g/mol. The van der Waals surface area contributed by atoms with E-state index in [0.717, 1.165) is 12.1 Å². The Labute approximate surface area is 98.5 Å². The topological polar surface area (TPSA) is 49.3 Å². The van der Waals surface area contributed by atoms with Gasteiger partial charge in [0.2, 0.25) is 0 Å². The van der Waals surface area contributed by atoms with Crippen molar-refractivity contribution in [1.29, 1.82) is 0 Å². The summed E-state index contributed by atoms with van der Waals surface area (Å²) >= 11 is 0. The Balaban J connectivity index is 3.08. The molecule has 0 amide bonds. The van der Waals surface area contributed by atoms with E-state index in [9.17, 15) is 13.6 Å². The molecule has 0 saturated carbocycles. The van der Waals surface area contributed by atoms with Crippen LogP contribution in [0.15, 0.2) is 18.2 Å². The molecule has 0 aliphatic rings. The molecule has 17 heavy (non-hydrogen) atoms. The Morgan fingerprint density at radius 1 is 1.41 bits per heavy atom. The van der Waals surface area contributed by atoms with Crippen molar-refractivity contribution in [3.63, 3.8) is 0 Å². The van der Waals surface area contributed by atoms with E-state index in [1.54, 1.807) is 14.0 Å². The van der Waals surface area contributed by atoms with E-state index in [4.69, 9.17) is 5.11 Å². The highest BCUT2D eigenvalue weighted by atomic mass is 19.2. The minimum Gasteiger partial charge on any atom is -0.481 e. The molecule has 0 aliphatic heterocycles. The Hall–Kier alpha value is -1.49. The Morgan fingerprint density at radius 3 is 2.47 bits per heavy atom. The average Bonchev–Trinajstić information content (AvgIpc) is 2.29. The number of halogens is 2. The summed E-state index contributed by atoms with van der Waals surface area (Å²) in [4.78, 5) is 11.0. The van der Waals surface area contributed by atoms with Crippen LogP contribution in [0, 0.1) is 17.6 Å². The third kappa shape index (κ3) is 3.00.